The van der Waals surface area contributed by atoms with E-state index in [0.717, 1.165) is 36.2 Å². The van der Waals surface area contributed by atoms with E-state index in [-0.39, 0.29) is 16.9 Å². The van der Waals surface area contributed by atoms with Gasteiger partial charge in [0, 0.05) is 12.1 Å². The fraction of sp³-hybridized carbons (Fsp3) is 0.321. The molecule has 0 amide bonds. The first-order valence-electron chi connectivity index (χ1n) is 12.6. The minimum atomic E-state index is -3.80. The lowest BCUT2D eigenvalue weighted by Crippen LogP contribution is -2.13. The van der Waals surface area contributed by atoms with Crippen molar-refractivity contribution in [1.29, 1.82) is 0 Å². The largest absolute Gasteiger partial charge is 0.374 e. The summed E-state index contributed by atoms with van der Waals surface area (Å²) < 4.78 is 36.4. The molecule has 37 heavy (non-hydrogen) atoms. The quantitative estimate of drug-likeness (QED) is 0.299. The molecular weight excluding hydrogens is 486 g/mol. The summed E-state index contributed by atoms with van der Waals surface area (Å²) in [6.45, 7) is 4.71. The Morgan fingerprint density at radius 2 is 1.78 bits per heavy atom. The van der Waals surface area contributed by atoms with Gasteiger partial charge in [-0.1, -0.05) is 61.4 Å². The second-order valence-electron chi connectivity index (χ2n) is 9.81. The number of hydrogen-bond acceptors (Lipinski definition) is 6. The third-order valence-electron chi connectivity index (χ3n) is 7.48. The molecule has 1 aliphatic carbocycles. The molecule has 8 nitrogen and oxygen atoms in total. The van der Waals surface area contributed by atoms with Crippen LogP contribution < -0.4 is 0 Å². The monoisotopic (exact) mass is 515 g/mol. The van der Waals surface area contributed by atoms with Gasteiger partial charge in [0.2, 0.25) is 0 Å². The van der Waals surface area contributed by atoms with Gasteiger partial charge in [0.25, 0.3) is 10.0 Å². The van der Waals surface area contributed by atoms with Crippen molar-refractivity contribution in [1.82, 2.24) is 23.6 Å². The summed E-state index contributed by atoms with van der Waals surface area (Å²) in [6, 6.07) is 18.8. The van der Waals surface area contributed by atoms with Gasteiger partial charge < -0.3 is 4.74 Å². The number of aryl methyl sites for hydroxylation is 1. The van der Waals surface area contributed by atoms with E-state index in [4.69, 9.17) is 4.74 Å². The second-order valence-corrected chi connectivity index (χ2v) is 11.6. The van der Waals surface area contributed by atoms with Crippen LogP contribution >= 0.6 is 0 Å². The molecule has 6 rings (SSSR count). The maximum Gasteiger partial charge on any atom is 0.269 e. The van der Waals surface area contributed by atoms with Gasteiger partial charge in [0.05, 0.1) is 29.3 Å². The fourth-order valence-electron chi connectivity index (χ4n) is 5.48. The lowest BCUT2D eigenvalue weighted by molar-refractivity contribution is 0.0422. The van der Waals surface area contributed by atoms with Crippen LogP contribution in [0.1, 0.15) is 49.1 Å². The van der Waals surface area contributed by atoms with Gasteiger partial charge in [0.1, 0.15) is 5.82 Å². The number of rotatable bonds is 7. The molecule has 3 aromatic heterocycles. The van der Waals surface area contributed by atoms with Crippen molar-refractivity contribution in [2.24, 2.45) is 5.92 Å². The van der Waals surface area contributed by atoms with Crippen molar-refractivity contribution < 1.29 is 13.2 Å². The van der Waals surface area contributed by atoms with E-state index < -0.39 is 10.0 Å². The van der Waals surface area contributed by atoms with Crippen molar-refractivity contribution in [2.45, 2.75) is 56.6 Å². The summed E-state index contributed by atoms with van der Waals surface area (Å²) in [5, 5.41) is 8.97. The molecule has 0 N–H and O–H groups in total. The maximum atomic E-state index is 13.4. The zero-order chi connectivity index (χ0) is 25.6. The zero-order valence-corrected chi connectivity index (χ0v) is 21.7. The molecular formula is C28H29N5O3S. The molecule has 9 heteroatoms. The van der Waals surface area contributed by atoms with E-state index in [1.54, 1.807) is 42.7 Å². The first kappa shape index (κ1) is 23.8. The minimum Gasteiger partial charge on any atom is -0.374 e. The van der Waals surface area contributed by atoms with Crippen LogP contribution in [0.15, 0.2) is 78.0 Å². The molecule has 190 valence electrons. The van der Waals surface area contributed by atoms with E-state index in [1.165, 1.54) is 3.97 Å². The Hall–Kier alpha value is -3.56. The Kier molecular flexibility index (Phi) is 6.04. The van der Waals surface area contributed by atoms with Crippen molar-refractivity contribution in [3.8, 4) is 0 Å². The lowest BCUT2D eigenvalue weighted by Gasteiger charge is -2.16. The van der Waals surface area contributed by atoms with Crippen LogP contribution in [0.4, 0.5) is 0 Å². The predicted octanol–water partition coefficient (Wildman–Crippen LogP) is 5.11. The Balaban J connectivity index is 1.35. The number of hydrogen-bond donors (Lipinski definition) is 0. The molecule has 3 atom stereocenters. The van der Waals surface area contributed by atoms with Gasteiger partial charge in [-0.05, 0) is 49.4 Å². The van der Waals surface area contributed by atoms with Gasteiger partial charge in [0.15, 0.2) is 11.3 Å². The van der Waals surface area contributed by atoms with E-state index >= 15 is 0 Å². The summed E-state index contributed by atoms with van der Waals surface area (Å²) in [7, 11) is -3.80. The van der Waals surface area contributed by atoms with Gasteiger partial charge in [-0.2, -0.15) is 0 Å². The first-order chi connectivity index (χ1) is 18.0. The standard InChI is InChI=1S/C28H29N5O3S/c1-3-21-15-22(36-18-20-7-5-4-6-8-20)16-24(21)27-31-30-26-17-29-28-25(33(26)27)13-14-32(28)37(34,35)23-11-9-19(2)10-12-23/h4-14,17,21-22,24H,3,15-16,18H2,1-2H3/t21?,22-,24-/m0/s1. The number of ether oxygens (including phenoxy) is 1. The predicted molar refractivity (Wildman–Crippen MR) is 141 cm³/mol. The van der Waals surface area contributed by atoms with Crippen LogP contribution in [-0.2, 0) is 21.4 Å². The van der Waals surface area contributed by atoms with Crippen LogP contribution in [0.5, 0.6) is 0 Å². The summed E-state index contributed by atoms with van der Waals surface area (Å²) in [5.74, 6) is 1.39. The van der Waals surface area contributed by atoms with E-state index in [2.05, 4.69) is 34.2 Å². The highest BCUT2D eigenvalue weighted by molar-refractivity contribution is 7.90. The normalized spacial score (nSPS) is 20.2. The topological polar surface area (TPSA) is 91.4 Å². The van der Waals surface area contributed by atoms with Gasteiger partial charge >= 0.3 is 0 Å². The summed E-state index contributed by atoms with van der Waals surface area (Å²) in [4.78, 5) is 4.70. The average Bonchev–Trinajstić information content (AvgIpc) is 3.64. The molecule has 5 aromatic rings. The third kappa shape index (κ3) is 4.22. The van der Waals surface area contributed by atoms with Gasteiger partial charge in [-0.3, -0.25) is 4.40 Å². The Labute approximate surface area is 216 Å². The van der Waals surface area contributed by atoms with Crippen LogP contribution in [0.25, 0.3) is 16.8 Å². The lowest BCUT2D eigenvalue weighted by atomic mass is 9.93. The summed E-state index contributed by atoms with van der Waals surface area (Å²) in [6.07, 6.45) is 6.10. The molecule has 0 aliphatic heterocycles. The average molecular weight is 516 g/mol. The molecule has 0 radical (unpaired) electrons. The molecule has 0 bridgehead atoms. The van der Waals surface area contributed by atoms with Crippen molar-refractivity contribution in [3.05, 3.63) is 90.0 Å². The highest BCUT2D eigenvalue weighted by atomic mass is 32.2. The van der Waals surface area contributed by atoms with Crippen LogP contribution in [0, 0.1) is 12.8 Å². The molecule has 1 aliphatic rings. The molecule has 0 spiro atoms. The zero-order valence-electron chi connectivity index (χ0n) is 20.9. The van der Waals surface area contributed by atoms with Crippen LogP contribution in [0.2, 0.25) is 0 Å². The number of aromatic nitrogens is 5. The van der Waals surface area contributed by atoms with E-state index in [0.29, 0.717) is 29.3 Å². The maximum absolute atomic E-state index is 13.4. The molecule has 0 saturated heterocycles. The highest BCUT2D eigenvalue weighted by Crippen LogP contribution is 2.43. The Morgan fingerprint density at radius 1 is 1.00 bits per heavy atom. The number of fused-ring (bicyclic) bond motifs is 3. The van der Waals surface area contributed by atoms with Crippen molar-refractivity contribution in [3.63, 3.8) is 0 Å². The Morgan fingerprint density at radius 3 is 2.54 bits per heavy atom. The van der Waals surface area contributed by atoms with Gasteiger partial charge in [-0.15, -0.1) is 10.2 Å². The molecule has 1 saturated carbocycles. The molecule has 1 unspecified atom stereocenters. The summed E-state index contributed by atoms with van der Waals surface area (Å²) in [5.41, 5.74) is 3.81. The van der Waals surface area contributed by atoms with Crippen LogP contribution in [-0.4, -0.2) is 38.1 Å². The first-order valence-corrected chi connectivity index (χ1v) is 14.1. The van der Waals surface area contributed by atoms with E-state index in [9.17, 15) is 8.42 Å². The molecule has 1 fully saturated rings. The number of nitrogens with zero attached hydrogens (tertiary/aromatic N) is 5. The smallest absolute Gasteiger partial charge is 0.269 e. The van der Waals surface area contributed by atoms with Gasteiger partial charge in [-0.25, -0.2) is 17.4 Å². The SMILES string of the molecule is CCC1C[C@H](OCc2ccccc2)C[C@@H]1c1nnc2cnc3c(ccn3S(=O)(=O)c3ccc(C)cc3)n12. The molecule has 2 aromatic carbocycles. The Bertz CT molecular complexity index is 1660. The van der Waals surface area contributed by atoms with Crippen molar-refractivity contribution in [2.75, 3.05) is 0 Å². The summed E-state index contributed by atoms with van der Waals surface area (Å²) >= 11 is 0. The molecule has 3 heterocycles. The number of benzene rings is 2. The minimum absolute atomic E-state index is 0.131. The van der Waals surface area contributed by atoms with E-state index in [1.807, 2.05) is 29.5 Å². The second kappa shape index (κ2) is 9.39. The fourth-order valence-corrected chi connectivity index (χ4v) is 6.77. The highest BCUT2D eigenvalue weighted by Gasteiger charge is 2.38. The third-order valence-corrected chi connectivity index (χ3v) is 9.16. The van der Waals surface area contributed by atoms with Crippen molar-refractivity contribution >= 4 is 26.8 Å². The van der Waals surface area contributed by atoms with Crippen LogP contribution in [0.3, 0.4) is 0 Å².